The summed E-state index contributed by atoms with van der Waals surface area (Å²) in [6, 6.07) is -1.36. The summed E-state index contributed by atoms with van der Waals surface area (Å²) in [6.07, 6.45) is -5.20. The zero-order valence-corrected chi connectivity index (χ0v) is 10.7. The first kappa shape index (κ1) is 17.7. The number of amides is 2. The van der Waals surface area contributed by atoms with E-state index < -0.39 is 49.4 Å². The summed E-state index contributed by atoms with van der Waals surface area (Å²) in [4.78, 5) is 22.3. The fraction of sp³-hybridized carbons (Fsp3) is 0.800. The van der Waals surface area contributed by atoms with Gasteiger partial charge in [-0.3, -0.25) is 15.0 Å². The maximum atomic E-state index is 11.3. The van der Waals surface area contributed by atoms with Gasteiger partial charge in [0.05, 0.1) is 13.2 Å². The zero-order chi connectivity index (χ0) is 15.2. The van der Waals surface area contributed by atoms with Crippen LogP contribution in [0.15, 0.2) is 0 Å². The normalized spacial score (nSPS) is 17.2. The van der Waals surface area contributed by atoms with Crippen LogP contribution in [0.1, 0.15) is 13.8 Å². The van der Waals surface area contributed by atoms with Gasteiger partial charge in [0.1, 0.15) is 24.4 Å². The SMILES string of the molecule is CC(=O)NN(C(C)=O)[C@@H](CO)[C@H](O)[C@@H](O)[C@H](O)CO. The molecule has 0 rings (SSSR count). The molecule has 6 N–H and O–H groups in total. The smallest absolute Gasteiger partial charge is 0.238 e. The van der Waals surface area contributed by atoms with E-state index in [0.717, 1.165) is 13.8 Å². The number of hydrazine groups is 1. The van der Waals surface area contributed by atoms with Crippen molar-refractivity contribution in [3.8, 4) is 0 Å². The minimum atomic E-state index is -1.79. The van der Waals surface area contributed by atoms with Gasteiger partial charge < -0.3 is 25.5 Å². The topological polar surface area (TPSA) is 151 Å². The second kappa shape index (κ2) is 8.02. The van der Waals surface area contributed by atoms with E-state index in [1.165, 1.54) is 0 Å². The van der Waals surface area contributed by atoms with Crippen LogP contribution in [0, 0.1) is 0 Å². The molecule has 9 nitrogen and oxygen atoms in total. The van der Waals surface area contributed by atoms with Crippen molar-refractivity contribution in [3.05, 3.63) is 0 Å². The van der Waals surface area contributed by atoms with E-state index in [2.05, 4.69) is 5.43 Å². The van der Waals surface area contributed by atoms with Crippen molar-refractivity contribution in [2.45, 2.75) is 38.2 Å². The van der Waals surface area contributed by atoms with Gasteiger partial charge in [-0.1, -0.05) is 0 Å². The number of hydrogen-bond donors (Lipinski definition) is 6. The highest BCUT2D eigenvalue weighted by atomic mass is 16.4. The first-order valence-electron chi connectivity index (χ1n) is 5.59. The summed E-state index contributed by atoms with van der Waals surface area (Å²) in [6.45, 7) is 0.628. The molecule has 0 aromatic heterocycles. The van der Waals surface area contributed by atoms with Gasteiger partial charge in [0.15, 0.2) is 0 Å². The van der Waals surface area contributed by atoms with Gasteiger partial charge in [-0.15, -0.1) is 0 Å². The highest BCUT2D eigenvalue weighted by Gasteiger charge is 2.36. The standard InChI is InChI=1S/C10H20N2O7/c1-5(15)11-12(6(2)16)7(3-13)9(18)10(19)8(17)4-14/h7-10,13-14,17-19H,3-4H2,1-2H3,(H,11,15)/t7-,8+,9-,10-/m0/s1. The monoisotopic (exact) mass is 280 g/mol. The van der Waals surface area contributed by atoms with Crippen molar-refractivity contribution in [1.29, 1.82) is 0 Å². The molecule has 2 amide bonds. The Kier molecular flexibility index (Phi) is 7.49. The van der Waals surface area contributed by atoms with E-state index in [9.17, 15) is 30.0 Å². The number of carbonyl (C=O) groups is 2. The maximum absolute atomic E-state index is 11.3. The highest BCUT2D eigenvalue weighted by Crippen LogP contribution is 2.10. The molecule has 112 valence electrons. The molecule has 0 fully saturated rings. The third-order valence-electron chi connectivity index (χ3n) is 2.46. The fourth-order valence-electron chi connectivity index (χ4n) is 1.47. The van der Waals surface area contributed by atoms with Crippen LogP contribution in [0.3, 0.4) is 0 Å². The molecule has 0 saturated carbocycles. The Morgan fingerprint density at radius 1 is 1.05 bits per heavy atom. The van der Waals surface area contributed by atoms with E-state index in [-0.39, 0.29) is 0 Å². The van der Waals surface area contributed by atoms with Crippen LogP contribution in [-0.2, 0) is 9.59 Å². The number of hydrogen-bond acceptors (Lipinski definition) is 7. The van der Waals surface area contributed by atoms with Crippen molar-refractivity contribution in [1.82, 2.24) is 10.4 Å². The molecule has 19 heavy (non-hydrogen) atoms. The third kappa shape index (κ3) is 5.09. The van der Waals surface area contributed by atoms with E-state index in [0.29, 0.717) is 5.01 Å². The van der Waals surface area contributed by atoms with E-state index in [1.807, 2.05) is 0 Å². The molecule has 0 saturated heterocycles. The van der Waals surface area contributed by atoms with Gasteiger partial charge in [0.2, 0.25) is 11.8 Å². The lowest BCUT2D eigenvalue weighted by Gasteiger charge is -2.35. The van der Waals surface area contributed by atoms with Gasteiger partial charge in [0, 0.05) is 13.8 Å². The Morgan fingerprint density at radius 2 is 1.58 bits per heavy atom. The number of aliphatic hydroxyl groups excluding tert-OH is 5. The molecule has 9 heteroatoms. The van der Waals surface area contributed by atoms with Gasteiger partial charge in [0.25, 0.3) is 0 Å². The van der Waals surface area contributed by atoms with Gasteiger partial charge >= 0.3 is 0 Å². The summed E-state index contributed by atoms with van der Waals surface area (Å²) >= 11 is 0. The molecule has 0 bridgehead atoms. The first-order chi connectivity index (χ1) is 8.76. The molecule has 0 unspecified atom stereocenters. The quantitative estimate of drug-likeness (QED) is 0.274. The molecular weight excluding hydrogens is 260 g/mol. The third-order valence-corrected chi connectivity index (χ3v) is 2.46. The average molecular weight is 280 g/mol. The van der Waals surface area contributed by atoms with Gasteiger partial charge in [-0.25, -0.2) is 5.01 Å². The van der Waals surface area contributed by atoms with E-state index >= 15 is 0 Å². The number of nitrogens with one attached hydrogen (secondary N) is 1. The van der Waals surface area contributed by atoms with E-state index in [1.54, 1.807) is 0 Å². The first-order valence-corrected chi connectivity index (χ1v) is 5.59. The van der Waals surface area contributed by atoms with Gasteiger partial charge in [-0.2, -0.15) is 0 Å². The number of aliphatic hydroxyl groups is 5. The Bertz CT molecular complexity index is 312. The van der Waals surface area contributed by atoms with Crippen LogP contribution in [0.5, 0.6) is 0 Å². The molecule has 0 spiro atoms. The van der Waals surface area contributed by atoms with Crippen LogP contribution in [0.2, 0.25) is 0 Å². The number of nitrogens with zero attached hydrogens (tertiary/aromatic N) is 1. The van der Waals surface area contributed by atoms with Crippen molar-refractivity contribution >= 4 is 11.8 Å². The molecule has 0 aliphatic carbocycles. The average Bonchev–Trinajstić information content (AvgIpc) is 2.35. The predicted octanol–water partition coefficient (Wildman–Crippen LogP) is -3.68. The summed E-state index contributed by atoms with van der Waals surface area (Å²) < 4.78 is 0. The highest BCUT2D eigenvalue weighted by molar-refractivity contribution is 5.79. The Balaban J connectivity index is 5.03. The summed E-state index contributed by atoms with van der Waals surface area (Å²) in [5.41, 5.74) is 2.09. The Labute approximate surface area is 110 Å². The molecule has 0 aromatic carbocycles. The van der Waals surface area contributed by atoms with Crippen LogP contribution in [0.25, 0.3) is 0 Å². The molecule has 0 radical (unpaired) electrons. The zero-order valence-electron chi connectivity index (χ0n) is 10.7. The van der Waals surface area contributed by atoms with Crippen molar-refractivity contribution < 1.29 is 35.1 Å². The predicted molar refractivity (Wildman–Crippen MR) is 62.3 cm³/mol. The Hall–Kier alpha value is -1.26. The molecule has 0 aromatic rings. The lowest BCUT2D eigenvalue weighted by molar-refractivity contribution is -0.155. The fourth-order valence-corrected chi connectivity index (χ4v) is 1.47. The van der Waals surface area contributed by atoms with Crippen LogP contribution < -0.4 is 5.43 Å². The van der Waals surface area contributed by atoms with Crippen molar-refractivity contribution in [2.24, 2.45) is 0 Å². The van der Waals surface area contributed by atoms with Crippen LogP contribution in [0.4, 0.5) is 0 Å². The second-order valence-electron chi connectivity index (χ2n) is 4.04. The largest absolute Gasteiger partial charge is 0.394 e. The second-order valence-corrected chi connectivity index (χ2v) is 4.04. The van der Waals surface area contributed by atoms with Crippen molar-refractivity contribution in [3.63, 3.8) is 0 Å². The summed E-state index contributed by atoms with van der Waals surface area (Å²) in [7, 11) is 0. The summed E-state index contributed by atoms with van der Waals surface area (Å²) in [5.74, 6) is -1.29. The van der Waals surface area contributed by atoms with Crippen molar-refractivity contribution in [2.75, 3.05) is 13.2 Å². The molecule has 4 atom stereocenters. The van der Waals surface area contributed by atoms with Crippen LogP contribution >= 0.6 is 0 Å². The minimum absolute atomic E-state index is 0.613. The summed E-state index contributed by atoms with van der Waals surface area (Å²) in [5, 5.41) is 47.0. The molecule has 0 aliphatic heterocycles. The van der Waals surface area contributed by atoms with Gasteiger partial charge in [-0.05, 0) is 0 Å². The minimum Gasteiger partial charge on any atom is -0.394 e. The molecule has 0 aliphatic rings. The van der Waals surface area contributed by atoms with Crippen LogP contribution in [-0.4, -0.2) is 79.9 Å². The number of carbonyl (C=O) groups excluding carboxylic acids is 2. The lowest BCUT2D eigenvalue weighted by Crippen LogP contribution is -2.60. The van der Waals surface area contributed by atoms with E-state index in [4.69, 9.17) is 5.11 Å². The lowest BCUT2D eigenvalue weighted by atomic mass is 10.0. The molecular formula is C10H20N2O7. The Morgan fingerprint density at radius 3 is 1.89 bits per heavy atom. The number of rotatable bonds is 6. The maximum Gasteiger partial charge on any atom is 0.238 e. The molecule has 0 heterocycles.